The molecule has 0 fully saturated rings. The quantitative estimate of drug-likeness (QED) is 0.367. The van der Waals surface area contributed by atoms with E-state index in [1.54, 1.807) is 19.2 Å². The van der Waals surface area contributed by atoms with E-state index in [4.69, 9.17) is 21.1 Å². The van der Waals surface area contributed by atoms with Crippen molar-refractivity contribution in [3.8, 4) is 16.3 Å². The normalized spacial score (nSPS) is 10.6. The molecular formula is C19H16ClNO4S2. The second-order valence-electron chi connectivity index (χ2n) is 5.56. The first-order valence-electron chi connectivity index (χ1n) is 8.08. The first-order chi connectivity index (χ1) is 13.0. The molecule has 2 heterocycles. The zero-order valence-electron chi connectivity index (χ0n) is 14.4. The van der Waals surface area contributed by atoms with Crippen LogP contribution in [0, 0.1) is 0 Å². The van der Waals surface area contributed by atoms with Crippen LogP contribution in [0.25, 0.3) is 10.6 Å². The van der Waals surface area contributed by atoms with E-state index < -0.39 is 5.97 Å². The molecule has 0 saturated carbocycles. The van der Waals surface area contributed by atoms with Crippen LogP contribution in [0.1, 0.15) is 28.2 Å². The molecule has 140 valence electrons. The number of ether oxygens (including phenoxy) is 2. The van der Waals surface area contributed by atoms with Crippen molar-refractivity contribution in [1.29, 1.82) is 0 Å². The van der Waals surface area contributed by atoms with Crippen LogP contribution in [-0.2, 0) is 16.1 Å². The van der Waals surface area contributed by atoms with Crippen LogP contribution in [-0.4, -0.2) is 23.8 Å². The molecule has 0 aliphatic rings. The predicted molar refractivity (Wildman–Crippen MR) is 107 cm³/mol. The molecule has 0 N–H and O–H groups in total. The number of thiazole rings is 1. The lowest BCUT2D eigenvalue weighted by atomic mass is 10.2. The molecule has 0 unspecified atom stereocenters. The van der Waals surface area contributed by atoms with Crippen molar-refractivity contribution in [2.24, 2.45) is 0 Å². The average molecular weight is 422 g/mol. The van der Waals surface area contributed by atoms with Crippen molar-refractivity contribution < 1.29 is 19.1 Å². The molecular weight excluding hydrogens is 406 g/mol. The number of rotatable bonds is 8. The van der Waals surface area contributed by atoms with Gasteiger partial charge in [0.1, 0.15) is 17.4 Å². The Morgan fingerprint density at radius 2 is 2.04 bits per heavy atom. The lowest BCUT2D eigenvalue weighted by Crippen LogP contribution is -2.07. The van der Waals surface area contributed by atoms with E-state index in [9.17, 15) is 9.59 Å². The van der Waals surface area contributed by atoms with Gasteiger partial charge in [0.2, 0.25) is 0 Å². The van der Waals surface area contributed by atoms with E-state index in [-0.39, 0.29) is 25.2 Å². The summed E-state index contributed by atoms with van der Waals surface area (Å²) in [6, 6.07) is 10.9. The zero-order valence-corrected chi connectivity index (χ0v) is 16.8. The standard InChI is InChI=1S/C19H16ClNO4S2/c1-24-14-4-2-3-12(9-14)19-21-13(11-26-19)10-25-18(23)8-5-15(22)16-6-7-17(20)27-16/h2-4,6-7,9,11H,5,8,10H2,1H3. The summed E-state index contributed by atoms with van der Waals surface area (Å²) in [6.07, 6.45) is 0.128. The summed E-state index contributed by atoms with van der Waals surface area (Å²) in [5.41, 5.74) is 1.61. The van der Waals surface area contributed by atoms with Gasteiger partial charge in [0, 0.05) is 17.4 Å². The van der Waals surface area contributed by atoms with Crippen LogP contribution in [0.3, 0.4) is 0 Å². The van der Waals surface area contributed by atoms with Crippen molar-refractivity contribution in [2.45, 2.75) is 19.4 Å². The van der Waals surface area contributed by atoms with E-state index >= 15 is 0 Å². The maximum atomic E-state index is 12.0. The van der Waals surface area contributed by atoms with Crippen LogP contribution in [0.4, 0.5) is 0 Å². The highest BCUT2D eigenvalue weighted by atomic mass is 35.5. The topological polar surface area (TPSA) is 65.5 Å². The molecule has 3 rings (SSSR count). The molecule has 27 heavy (non-hydrogen) atoms. The summed E-state index contributed by atoms with van der Waals surface area (Å²) in [5, 5.41) is 2.67. The summed E-state index contributed by atoms with van der Waals surface area (Å²) in [5.74, 6) is 0.215. The molecule has 8 heteroatoms. The smallest absolute Gasteiger partial charge is 0.306 e. The van der Waals surface area contributed by atoms with E-state index in [1.807, 2.05) is 29.6 Å². The van der Waals surface area contributed by atoms with Gasteiger partial charge >= 0.3 is 5.97 Å². The molecule has 2 aromatic heterocycles. The Kier molecular flexibility index (Phi) is 6.60. The van der Waals surface area contributed by atoms with E-state index in [2.05, 4.69) is 4.98 Å². The minimum absolute atomic E-state index is 0.0290. The Labute approximate surface area is 169 Å². The van der Waals surface area contributed by atoms with Crippen molar-refractivity contribution in [3.63, 3.8) is 0 Å². The molecule has 0 spiro atoms. The van der Waals surface area contributed by atoms with Gasteiger partial charge in [-0.2, -0.15) is 0 Å². The maximum Gasteiger partial charge on any atom is 0.306 e. The molecule has 0 bridgehead atoms. The number of benzene rings is 1. The Balaban J connectivity index is 1.49. The monoisotopic (exact) mass is 421 g/mol. The number of carbonyl (C=O) groups is 2. The van der Waals surface area contributed by atoms with E-state index in [0.29, 0.717) is 14.9 Å². The van der Waals surface area contributed by atoms with Crippen LogP contribution in [0.15, 0.2) is 41.8 Å². The fourth-order valence-electron chi connectivity index (χ4n) is 2.29. The van der Waals surface area contributed by atoms with Crippen LogP contribution >= 0.6 is 34.3 Å². The fraction of sp³-hybridized carbons (Fsp3) is 0.211. The van der Waals surface area contributed by atoms with Crippen molar-refractivity contribution >= 4 is 46.0 Å². The SMILES string of the molecule is COc1cccc(-c2nc(COC(=O)CCC(=O)c3ccc(Cl)s3)cs2)c1. The Bertz CT molecular complexity index is 951. The molecule has 0 aliphatic heterocycles. The van der Waals surface area contributed by atoms with Crippen molar-refractivity contribution in [2.75, 3.05) is 7.11 Å². The molecule has 0 aliphatic carbocycles. The van der Waals surface area contributed by atoms with Crippen LogP contribution in [0.2, 0.25) is 4.34 Å². The summed E-state index contributed by atoms with van der Waals surface area (Å²) in [6.45, 7) is 0.0817. The minimum atomic E-state index is -0.429. The van der Waals surface area contributed by atoms with Gasteiger partial charge in [-0.1, -0.05) is 23.7 Å². The van der Waals surface area contributed by atoms with E-state index in [1.165, 1.54) is 22.7 Å². The van der Waals surface area contributed by atoms with Gasteiger partial charge in [0.15, 0.2) is 5.78 Å². The first kappa shape index (κ1) is 19.5. The number of thiophene rings is 1. The maximum absolute atomic E-state index is 12.0. The highest BCUT2D eigenvalue weighted by molar-refractivity contribution is 7.18. The summed E-state index contributed by atoms with van der Waals surface area (Å²) < 4.78 is 11.0. The lowest BCUT2D eigenvalue weighted by Gasteiger charge is -2.03. The third-order valence-corrected chi connectivity index (χ3v) is 5.87. The van der Waals surface area contributed by atoms with Crippen LogP contribution in [0.5, 0.6) is 5.75 Å². The predicted octanol–water partition coefficient (Wildman–Crippen LogP) is 5.24. The second kappa shape index (κ2) is 9.12. The number of hydrogen-bond acceptors (Lipinski definition) is 7. The number of hydrogen-bond donors (Lipinski definition) is 0. The fourth-order valence-corrected chi connectivity index (χ4v) is 4.10. The first-order valence-corrected chi connectivity index (χ1v) is 10.2. The van der Waals surface area contributed by atoms with Crippen molar-refractivity contribution in [3.05, 3.63) is 56.7 Å². The molecule has 0 radical (unpaired) electrons. The molecule has 3 aromatic rings. The number of aromatic nitrogens is 1. The second-order valence-corrected chi connectivity index (χ2v) is 8.14. The van der Waals surface area contributed by atoms with Gasteiger partial charge in [-0.05, 0) is 24.3 Å². The van der Waals surface area contributed by atoms with Gasteiger partial charge in [-0.15, -0.1) is 22.7 Å². The number of methoxy groups -OCH3 is 1. The van der Waals surface area contributed by atoms with Crippen molar-refractivity contribution in [1.82, 2.24) is 4.98 Å². The van der Waals surface area contributed by atoms with Crippen LogP contribution < -0.4 is 4.74 Å². The Morgan fingerprint density at radius 3 is 2.78 bits per heavy atom. The molecule has 0 saturated heterocycles. The highest BCUT2D eigenvalue weighted by Crippen LogP contribution is 2.27. The zero-order chi connectivity index (χ0) is 19.2. The van der Waals surface area contributed by atoms with Gasteiger partial charge < -0.3 is 9.47 Å². The number of Topliss-reactive ketones (excluding diaryl/α,β-unsaturated/α-hetero) is 1. The third-order valence-electron chi connectivity index (χ3n) is 3.65. The number of esters is 1. The van der Waals surface area contributed by atoms with Gasteiger partial charge in [0.25, 0.3) is 0 Å². The average Bonchev–Trinajstić information content (AvgIpc) is 3.33. The molecule has 0 atom stereocenters. The van der Waals surface area contributed by atoms with E-state index in [0.717, 1.165) is 16.3 Å². The minimum Gasteiger partial charge on any atom is -0.497 e. The summed E-state index contributed by atoms with van der Waals surface area (Å²) >= 11 is 8.48. The molecule has 5 nitrogen and oxygen atoms in total. The number of ketones is 1. The largest absolute Gasteiger partial charge is 0.497 e. The van der Waals surface area contributed by atoms with Gasteiger partial charge in [-0.3, -0.25) is 9.59 Å². The molecule has 1 aromatic carbocycles. The third kappa shape index (κ3) is 5.38. The van der Waals surface area contributed by atoms with Gasteiger partial charge in [-0.25, -0.2) is 4.98 Å². The summed E-state index contributed by atoms with van der Waals surface area (Å²) in [7, 11) is 1.61. The highest BCUT2D eigenvalue weighted by Gasteiger charge is 2.13. The Hall–Kier alpha value is -2.22. The lowest BCUT2D eigenvalue weighted by molar-refractivity contribution is -0.145. The summed E-state index contributed by atoms with van der Waals surface area (Å²) in [4.78, 5) is 28.9. The molecule has 0 amide bonds. The number of nitrogens with zero attached hydrogens (tertiary/aromatic N) is 1. The van der Waals surface area contributed by atoms with Gasteiger partial charge in [0.05, 0.1) is 28.4 Å². The number of carbonyl (C=O) groups excluding carboxylic acids is 2. The Morgan fingerprint density at radius 1 is 1.19 bits per heavy atom. The number of halogens is 1.